The summed E-state index contributed by atoms with van der Waals surface area (Å²) in [5.74, 6) is -0.527. The Balaban J connectivity index is 1.70. The fraction of sp³-hybridized carbons (Fsp3) is 0.208. The van der Waals surface area contributed by atoms with Crippen LogP contribution in [0.5, 0.6) is 0 Å². The van der Waals surface area contributed by atoms with Crippen LogP contribution in [0.3, 0.4) is 0 Å². The molecule has 0 fully saturated rings. The van der Waals surface area contributed by atoms with Crippen molar-refractivity contribution in [1.29, 1.82) is 5.26 Å². The first kappa shape index (κ1) is 18.9. The molecule has 2 aromatic rings. The van der Waals surface area contributed by atoms with Crippen LogP contribution in [0.4, 0.5) is 5.69 Å². The second kappa shape index (κ2) is 6.47. The third kappa shape index (κ3) is 2.27. The van der Waals surface area contributed by atoms with Crippen molar-refractivity contribution < 1.29 is 14.3 Å². The minimum Gasteiger partial charge on any atom is -0.442 e. The number of nitrogens with zero attached hydrogens (tertiary/aromatic N) is 3. The Bertz CT molecular complexity index is 1240. The van der Waals surface area contributed by atoms with Crippen molar-refractivity contribution in [1.82, 2.24) is 4.90 Å². The van der Waals surface area contributed by atoms with E-state index < -0.39 is 5.41 Å². The van der Waals surface area contributed by atoms with Gasteiger partial charge in [-0.2, -0.15) is 5.26 Å². The lowest BCUT2D eigenvalue weighted by molar-refractivity contribution is -0.130. The number of hydrogen-bond donors (Lipinski definition) is 1. The summed E-state index contributed by atoms with van der Waals surface area (Å²) in [6.07, 6.45) is 0. The lowest BCUT2D eigenvalue weighted by Crippen LogP contribution is -2.47. The summed E-state index contributed by atoms with van der Waals surface area (Å²) in [5.41, 5.74) is 6.86. The molecule has 2 N–H and O–H groups in total. The van der Waals surface area contributed by atoms with Crippen molar-refractivity contribution >= 4 is 17.5 Å². The number of benzene rings is 2. The number of anilines is 1. The quantitative estimate of drug-likeness (QED) is 0.817. The van der Waals surface area contributed by atoms with Crippen molar-refractivity contribution in [2.24, 2.45) is 5.73 Å². The van der Waals surface area contributed by atoms with Gasteiger partial charge in [0, 0.05) is 18.3 Å². The third-order valence-electron chi connectivity index (χ3n) is 6.45. The largest absolute Gasteiger partial charge is 0.442 e. The van der Waals surface area contributed by atoms with Gasteiger partial charge in [-0.05, 0) is 18.6 Å². The molecule has 2 aromatic carbocycles. The zero-order valence-electron chi connectivity index (χ0n) is 17.1. The maximum absolute atomic E-state index is 13.8. The Morgan fingerprint density at radius 3 is 2.52 bits per heavy atom. The predicted molar refractivity (Wildman–Crippen MR) is 113 cm³/mol. The molecule has 3 heterocycles. The highest BCUT2D eigenvalue weighted by Gasteiger charge is 2.63. The van der Waals surface area contributed by atoms with Crippen LogP contribution in [-0.4, -0.2) is 30.3 Å². The molecule has 0 saturated heterocycles. The summed E-state index contributed by atoms with van der Waals surface area (Å²) in [4.78, 5) is 30.6. The van der Waals surface area contributed by atoms with E-state index in [1.165, 1.54) is 4.90 Å². The van der Waals surface area contributed by atoms with E-state index in [0.717, 1.165) is 5.56 Å². The molecular weight excluding hydrogens is 392 g/mol. The van der Waals surface area contributed by atoms with E-state index in [-0.39, 0.29) is 41.4 Å². The Labute approximate surface area is 179 Å². The number of likely N-dealkylation sites (N-methyl/N-ethyl adjacent to an activating group) is 1. The molecule has 0 aromatic heterocycles. The van der Waals surface area contributed by atoms with E-state index in [4.69, 9.17) is 10.5 Å². The fourth-order valence-corrected chi connectivity index (χ4v) is 4.92. The van der Waals surface area contributed by atoms with Crippen molar-refractivity contribution in [3.8, 4) is 6.07 Å². The molecule has 0 bridgehead atoms. The van der Waals surface area contributed by atoms with Crippen LogP contribution in [0.2, 0.25) is 0 Å². The number of hydrogen-bond acceptors (Lipinski definition) is 5. The highest BCUT2D eigenvalue weighted by molar-refractivity contribution is 6.20. The summed E-state index contributed by atoms with van der Waals surface area (Å²) in [6.45, 7) is 2.10. The van der Waals surface area contributed by atoms with Crippen LogP contribution in [0.1, 0.15) is 24.1 Å². The predicted octanol–water partition coefficient (Wildman–Crippen LogP) is 2.48. The first-order valence-electron chi connectivity index (χ1n) is 9.98. The van der Waals surface area contributed by atoms with Crippen molar-refractivity contribution in [3.63, 3.8) is 0 Å². The molecule has 0 aliphatic carbocycles. The Kier molecular flexibility index (Phi) is 3.96. The number of para-hydroxylation sites is 1. The molecule has 0 saturated carbocycles. The Morgan fingerprint density at radius 2 is 1.81 bits per heavy atom. The summed E-state index contributed by atoms with van der Waals surface area (Å²) >= 11 is 0. The number of ether oxygens (including phenoxy) is 1. The van der Waals surface area contributed by atoms with Gasteiger partial charge in [0.05, 0.1) is 18.2 Å². The van der Waals surface area contributed by atoms with Crippen LogP contribution in [0.15, 0.2) is 77.4 Å². The van der Waals surface area contributed by atoms with Crippen LogP contribution < -0.4 is 10.6 Å². The maximum Gasteiger partial charge on any atom is 0.256 e. The molecule has 2 atom stereocenters. The summed E-state index contributed by atoms with van der Waals surface area (Å²) in [6, 6.07) is 18.6. The minimum atomic E-state index is -1.60. The number of rotatable bonds is 2. The van der Waals surface area contributed by atoms with Gasteiger partial charge >= 0.3 is 0 Å². The number of nitriles is 1. The van der Waals surface area contributed by atoms with Gasteiger partial charge in [0.25, 0.3) is 5.91 Å². The third-order valence-corrected chi connectivity index (χ3v) is 6.45. The van der Waals surface area contributed by atoms with Gasteiger partial charge in [-0.1, -0.05) is 48.5 Å². The number of nitrogens with two attached hydrogens (primary N) is 1. The average Bonchev–Trinajstić information content (AvgIpc) is 3.22. The monoisotopic (exact) mass is 412 g/mol. The van der Waals surface area contributed by atoms with E-state index >= 15 is 0 Å². The first-order valence-corrected chi connectivity index (χ1v) is 9.98. The van der Waals surface area contributed by atoms with Crippen molar-refractivity contribution in [2.75, 3.05) is 18.5 Å². The van der Waals surface area contributed by atoms with Gasteiger partial charge < -0.3 is 20.3 Å². The zero-order chi connectivity index (χ0) is 21.9. The number of carbonyl (C=O) groups excluding carboxylic acids is 2. The topological polar surface area (TPSA) is 99.7 Å². The summed E-state index contributed by atoms with van der Waals surface area (Å²) in [5, 5.41) is 9.99. The van der Waals surface area contributed by atoms with E-state index in [9.17, 15) is 14.9 Å². The normalized spacial score (nSPS) is 23.1. The SMILES string of the molecule is C[C@@H](c1ccccc1)N1CC2=C(C1=O)[C@@]1(C(=O)N(C)c3ccccc31)C(C#N)=C(N)O2. The highest BCUT2D eigenvalue weighted by Crippen LogP contribution is 2.55. The van der Waals surface area contributed by atoms with Gasteiger partial charge in [0.1, 0.15) is 17.4 Å². The second-order valence-corrected chi connectivity index (χ2v) is 7.90. The molecule has 5 rings (SSSR count). The van der Waals surface area contributed by atoms with E-state index in [1.807, 2.05) is 43.3 Å². The van der Waals surface area contributed by atoms with Gasteiger partial charge in [0.2, 0.25) is 11.8 Å². The van der Waals surface area contributed by atoms with Crippen LogP contribution >= 0.6 is 0 Å². The Hall–Kier alpha value is -4.05. The molecule has 3 aliphatic heterocycles. The smallest absolute Gasteiger partial charge is 0.256 e. The molecular formula is C24H20N4O3. The van der Waals surface area contributed by atoms with Crippen LogP contribution in [-0.2, 0) is 19.7 Å². The lowest BCUT2D eigenvalue weighted by Gasteiger charge is -2.33. The first-order chi connectivity index (χ1) is 14.9. The molecule has 154 valence electrons. The van der Waals surface area contributed by atoms with Gasteiger partial charge in [-0.15, -0.1) is 0 Å². The zero-order valence-corrected chi connectivity index (χ0v) is 17.1. The summed E-state index contributed by atoms with van der Waals surface area (Å²) < 4.78 is 5.77. The average molecular weight is 412 g/mol. The van der Waals surface area contributed by atoms with Gasteiger partial charge in [-0.3, -0.25) is 9.59 Å². The summed E-state index contributed by atoms with van der Waals surface area (Å²) in [7, 11) is 1.64. The van der Waals surface area contributed by atoms with Crippen molar-refractivity contribution in [2.45, 2.75) is 18.4 Å². The molecule has 7 nitrogen and oxygen atoms in total. The Morgan fingerprint density at radius 1 is 1.13 bits per heavy atom. The molecule has 3 aliphatic rings. The number of carbonyl (C=O) groups is 2. The number of amides is 2. The van der Waals surface area contributed by atoms with Crippen molar-refractivity contribution in [3.05, 3.63) is 88.5 Å². The molecule has 1 spiro atoms. The lowest BCUT2D eigenvalue weighted by atomic mass is 9.68. The molecule has 31 heavy (non-hydrogen) atoms. The molecule has 0 radical (unpaired) electrons. The van der Waals surface area contributed by atoms with E-state index in [2.05, 4.69) is 6.07 Å². The van der Waals surface area contributed by atoms with Crippen LogP contribution in [0, 0.1) is 11.3 Å². The highest BCUT2D eigenvalue weighted by atomic mass is 16.5. The minimum absolute atomic E-state index is 0.0457. The molecule has 0 unspecified atom stereocenters. The maximum atomic E-state index is 13.8. The standard InChI is InChI=1S/C24H20N4O3/c1-14(15-8-4-3-5-9-15)28-13-19-20(22(28)29)24(17(12-25)21(26)31-19)16-10-6-7-11-18(16)27(2)23(24)30/h3-11,14H,13,26H2,1-2H3/t14-,24-/m0/s1. The van der Waals surface area contributed by atoms with Gasteiger partial charge in [0.15, 0.2) is 5.41 Å². The molecule has 2 amide bonds. The van der Waals surface area contributed by atoms with Crippen LogP contribution in [0.25, 0.3) is 0 Å². The van der Waals surface area contributed by atoms with Gasteiger partial charge in [-0.25, -0.2) is 0 Å². The van der Waals surface area contributed by atoms with E-state index in [0.29, 0.717) is 17.0 Å². The number of fused-ring (bicyclic) bond motifs is 3. The van der Waals surface area contributed by atoms with E-state index in [1.54, 1.807) is 30.1 Å². The second-order valence-electron chi connectivity index (χ2n) is 7.90. The fourth-order valence-electron chi connectivity index (χ4n) is 4.92. The molecule has 7 heteroatoms.